The van der Waals surface area contributed by atoms with E-state index in [0.29, 0.717) is 23.7 Å². The molecule has 1 aromatic carbocycles. The van der Waals surface area contributed by atoms with Crippen molar-refractivity contribution in [2.75, 3.05) is 13.1 Å². The lowest BCUT2D eigenvalue weighted by Gasteiger charge is -2.26. The Labute approximate surface area is 128 Å². The van der Waals surface area contributed by atoms with Gasteiger partial charge in [0, 0.05) is 19.0 Å². The van der Waals surface area contributed by atoms with Gasteiger partial charge >= 0.3 is 0 Å². The van der Waals surface area contributed by atoms with E-state index in [0.717, 1.165) is 25.9 Å². The summed E-state index contributed by atoms with van der Waals surface area (Å²) >= 11 is 0. The molecule has 0 aliphatic heterocycles. The minimum atomic E-state index is 0.278. The minimum absolute atomic E-state index is 0.278. The number of hydrogen-bond donors (Lipinski definition) is 0. The average Bonchev–Trinajstić information content (AvgIpc) is 3.36. The van der Waals surface area contributed by atoms with Crippen LogP contribution in [0.1, 0.15) is 45.6 Å². The first-order valence-electron chi connectivity index (χ1n) is 8.35. The van der Waals surface area contributed by atoms with E-state index in [2.05, 4.69) is 56.0 Å². The van der Waals surface area contributed by atoms with E-state index in [-0.39, 0.29) is 5.41 Å². The monoisotopic (exact) mass is 285 g/mol. The lowest BCUT2D eigenvalue weighted by atomic mass is 9.95. The van der Waals surface area contributed by atoms with Crippen LogP contribution in [0.15, 0.2) is 30.3 Å². The first-order chi connectivity index (χ1) is 10.0. The number of amides is 1. The summed E-state index contributed by atoms with van der Waals surface area (Å²) < 4.78 is 0. The second kappa shape index (κ2) is 5.47. The molecular weight excluding hydrogens is 258 g/mol. The molecule has 0 heterocycles. The van der Waals surface area contributed by atoms with E-state index in [9.17, 15) is 4.79 Å². The predicted molar refractivity (Wildman–Crippen MR) is 86.0 cm³/mol. The molecule has 0 aromatic heterocycles. The Balaban J connectivity index is 1.66. The van der Waals surface area contributed by atoms with E-state index >= 15 is 0 Å². The Kier molecular flexibility index (Phi) is 3.81. The topological polar surface area (TPSA) is 20.3 Å². The van der Waals surface area contributed by atoms with Crippen LogP contribution in [0.25, 0.3) is 0 Å². The summed E-state index contributed by atoms with van der Waals surface area (Å²) in [6.45, 7) is 8.62. The fourth-order valence-electron chi connectivity index (χ4n) is 3.44. The Bertz CT molecular complexity index is 506. The van der Waals surface area contributed by atoms with Gasteiger partial charge < -0.3 is 4.90 Å². The standard InChI is InChI=1S/C19H27NO/c1-14(2)12-20(18(21)15-9-10-15)13-17-11-19(17,3)16-7-5-4-6-8-16/h4-8,14-15,17H,9-13H2,1-3H3. The van der Waals surface area contributed by atoms with Crippen LogP contribution < -0.4 is 0 Å². The number of rotatable bonds is 6. The van der Waals surface area contributed by atoms with Crippen molar-refractivity contribution < 1.29 is 4.79 Å². The summed E-state index contributed by atoms with van der Waals surface area (Å²) in [6.07, 6.45) is 3.42. The summed E-state index contributed by atoms with van der Waals surface area (Å²) in [7, 11) is 0. The van der Waals surface area contributed by atoms with Crippen LogP contribution in [-0.2, 0) is 10.2 Å². The molecule has 3 rings (SSSR count). The number of hydrogen-bond acceptors (Lipinski definition) is 1. The van der Waals surface area contributed by atoms with E-state index in [1.54, 1.807) is 0 Å². The molecule has 2 fully saturated rings. The summed E-state index contributed by atoms with van der Waals surface area (Å²) in [6, 6.07) is 10.8. The molecule has 1 amide bonds. The minimum Gasteiger partial charge on any atom is -0.342 e. The van der Waals surface area contributed by atoms with Gasteiger partial charge in [-0.1, -0.05) is 51.1 Å². The maximum absolute atomic E-state index is 12.5. The maximum atomic E-state index is 12.5. The average molecular weight is 285 g/mol. The SMILES string of the molecule is CC(C)CN(CC1CC1(C)c1ccccc1)C(=O)C1CC1. The third kappa shape index (κ3) is 3.14. The van der Waals surface area contributed by atoms with Crippen LogP contribution in [-0.4, -0.2) is 23.9 Å². The third-order valence-corrected chi connectivity index (χ3v) is 5.11. The smallest absolute Gasteiger partial charge is 0.225 e. The van der Waals surface area contributed by atoms with Gasteiger partial charge in [0.05, 0.1) is 0 Å². The molecule has 2 unspecified atom stereocenters. The van der Waals surface area contributed by atoms with Crippen molar-refractivity contribution in [3.05, 3.63) is 35.9 Å². The Morgan fingerprint density at radius 1 is 1.29 bits per heavy atom. The van der Waals surface area contributed by atoms with Gasteiger partial charge in [-0.25, -0.2) is 0 Å². The highest BCUT2D eigenvalue weighted by Gasteiger charge is 2.52. The molecule has 2 aliphatic rings. The van der Waals surface area contributed by atoms with E-state index < -0.39 is 0 Å². The molecule has 21 heavy (non-hydrogen) atoms. The van der Waals surface area contributed by atoms with Crippen LogP contribution in [0.3, 0.4) is 0 Å². The molecule has 2 nitrogen and oxygen atoms in total. The van der Waals surface area contributed by atoms with Crippen molar-refractivity contribution >= 4 is 5.91 Å². The van der Waals surface area contributed by atoms with E-state index in [4.69, 9.17) is 0 Å². The Morgan fingerprint density at radius 3 is 2.52 bits per heavy atom. The highest BCUT2D eigenvalue weighted by Crippen LogP contribution is 2.54. The zero-order valence-corrected chi connectivity index (χ0v) is 13.5. The number of carbonyl (C=O) groups is 1. The maximum Gasteiger partial charge on any atom is 0.225 e. The van der Waals surface area contributed by atoms with Crippen LogP contribution in [0.4, 0.5) is 0 Å². The molecular formula is C19H27NO. The highest BCUT2D eigenvalue weighted by molar-refractivity contribution is 5.81. The molecule has 1 aromatic rings. The molecule has 2 atom stereocenters. The lowest BCUT2D eigenvalue weighted by Crippen LogP contribution is -2.37. The lowest BCUT2D eigenvalue weighted by molar-refractivity contribution is -0.133. The van der Waals surface area contributed by atoms with Crippen molar-refractivity contribution in [3.8, 4) is 0 Å². The Morgan fingerprint density at radius 2 is 1.95 bits per heavy atom. The molecule has 0 spiro atoms. The molecule has 0 N–H and O–H groups in total. The van der Waals surface area contributed by atoms with Gasteiger partial charge in [0.2, 0.25) is 5.91 Å². The number of nitrogens with zero attached hydrogens (tertiary/aromatic N) is 1. The van der Waals surface area contributed by atoms with Gasteiger partial charge in [-0.05, 0) is 42.1 Å². The molecule has 2 saturated carbocycles. The summed E-state index contributed by atoms with van der Waals surface area (Å²) in [5, 5.41) is 0. The highest BCUT2D eigenvalue weighted by atomic mass is 16.2. The first kappa shape index (κ1) is 14.6. The fraction of sp³-hybridized carbons (Fsp3) is 0.632. The number of carbonyl (C=O) groups excluding carboxylic acids is 1. The van der Waals surface area contributed by atoms with Gasteiger partial charge in [-0.2, -0.15) is 0 Å². The van der Waals surface area contributed by atoms with Crippen LogP contribution in [0, 0.1) is 17.8 Å². The van der Waals surface area contributed by atoms with Crippen molar-refractivity contribution in [2.45, 2.75) is 45.4 Å². The molecule has 2 heteroatoms. The van der Waals surface area contributed by atoms with Crippen molar-refractivity contribution in [1.29, 1.82) is 0 Å². The molecule has 2 aliphatic carbocycles. The summed E-state index contributed by atoms with van der Waals surface area (Å²) in [5.74, 6) is 1.92. The Hall–Kier alpha value is -1.31. The largest absolute Gasteiger partial charge is 0.342 e. The molecule has 0 radical (unpaired) electrons. The van der Waals surface area contributed by atoms with Crippen LogP contribution in [0.5, 0.6) is 0 Å². The third-order valence-electron chi connectivity index (χ3n) is 5.11. The van der Waals surface area contributed by atoms with E-state index in [1.165, 1.54) is 12.0 Å². The fourth-order valence-corrected chi connectivity index (χ4v) is 3.44. The molecule has 0 bridgehead atoms. The van der Waals surface area contributed by atoms with Gasteiger partial charge in [-0.15, -0.1) is 0 Å². The molecule has 0 saturated heterocycles. The zero-order chi connectivity index (χ0) is 15.0. The van der Waals surface area contributed by atoms with Crippen molar-refractivity contribution in [3.63, 3.8) is 0 Å². The van der Waals surface area contributed by atoms with Gasteiger partial charge in [0.25, 0.3) is 0 Å². The molecule has 114 valence electrons. The van der Waals surface area contributed by atoms with Crippen LogP contribution in [0.2, 0.25) is 0 Å². The van der Waals surface area contributed by atoms with Gasteiger partial charge in [0.15, 0.2) is 0 Å². The van der Waals surface area contributed by atoms with Crippen LogP contribution >= 0.6 is 0 Å². The zero-order valence-electron chi connectivity index (χ0n) is 13.5. The number of benzene rings is 1. The first-order valence-corrected chi connectivity index (χ1v) is 8.35. The predicted octanol–water partition coefficient (Wildman–Crippen LogP) is 3.86. The summed E-state index contributed by atoms with van der Waals surface area (Å²) in [5.41, 5.74) is 1.71. The van der Waals surface area contributed by atoms with E-state index in [1.807, 2.05) is 0 Å². The normalized spacial score (nSPS) is 27.7. The second-order valence-electron chi connectivity index (χ2n) is 7.60. The second-order valence-corrected chi connectivity index (χ2v) is 7.60. The van der Waals surface area contributed by atoms with Crippen molar-refractivity contribution in [2.24, 2.45) is 17.8 Å². The van der Waals surface area contributed by atoms with Gasteiger partial charge in [0.1, 0.15) is 0 Å². The summed E-state index contributed by atoms with van der Waals surface area (Å²) in [4.78, 5) is 14.6. The quantitative estimate of drug-likeness (QED) is 0.777. The van der Waals surface area contributed by atoms with Gasteiger partial charge in [-0.3, -0.25) is 4.79 Å². The van der Waals surface area contributed by atoms with Crippen molar-refractivity contribution in [1.82, 2.24) is 4.90 Å².